The van der Waals surface area contributed by atoms with Gasteiger partial charge < -0.3 is 10.0 Å². The molecule has 1 N–H and O–H groups in total. The number of benzene rings is 2. The predicted octanol–water partition coefficient (Wildman–Crippen LogP) is 3.12. The summed E-state index contributed by atoms with van der Waals surface area (Å²) in [6.07, 6.45) is 0.765. The molecule has 4 heteroatoms. The van der Waals surface area contributed by atoms with Crippen molar-refractivity contribution < 1.29 is 14.3 Å². The van der Waals surface area contributed by atoms with Gasteiger partial charge in [0.05, 0.1) is 5.56 Å². The Morgan fingerprint density at radius 3 is 2.80 bits per heavy atom. The number of phenols is 1. The highest BCUT2D eigenvalue weighted by atomic mass is 19.1. The first-order chi connectivity index (χ1) is 9.58. The van der Waals surface area contributed by atoms with Crippen molar-refractivity contribution in [2.24, 2.45) is 0 Å². The molecule has 0 fully saturated rings. The number of halogens is 1. The summed E-state index contributed by atoms with van der Waals surface area (Å²) < 4.78 is 13.8. The van der Waals surface area contributed by atoms with Gasteiger partial charge in [0.15, 0.2) is 0 Å². The zero-order valence-corrected chi connectivity index (χ0v) is 11.0. The summed E-state index contributed by atoms with van der Waals surface area (Å²) in [7, 11) is 0. The van der Waals surface area contributed by atoms with Gasteiger partial charge in [-0.1, -0.05) is 18.2 Å². The van der Waals surface area contributed by atoms with Gasteiger partial charge in [-0.15, -0.1) is 0 Å². The highest BCUT2D eigenvalue weighted by Gasteiger charge is 2.32. The topological polar surface area (TPSA) is 40.5 Å². The van der Waals surface area contributed by atoms with E-state index in [1.807, 2.05) is 31.2 Å². The molecule has 1 atom stereocenters. The van der Waals surface area contributed by atoms with Gasteiger partial charge in [0.25, 0.3) is 5.91 Å². The molecule has 20 heavy (non-hydrogen) atoms. The van der Waals surface area contributed by atoms with Crippen molar-refractivity contribution in [3.8, 4) is 5.75 Å². The van der Waals surface area contributed by atoms with Crippen LogP contribution >= 0.6 is 0 Å². The predicted molar refractivity (Wildman–Crippen MR) is 74.5 cm³/mol. The van der Waals surface area contributed by atoms with Crippen LogP contribution in [-0.2, 0) is 6.42 Å². The maximum atomic E-state index is 13.8. The third kappa shape index (κ3) is 1.93. The normalized spacial score (nSPS) is 17.1. The summed E-state index contributed by atoms with van der Waals surface area (Å²) in [4.78, 5) is 14.2. The van der Waals surface area contributed by atoms with Gasteiger partial charge in [-0.2, -0.15) is 0 Å². The second kappa shape index (κ2) is 4.63. The molecular weight excluding hydrogens is 257 g/mol. The van der Waals surface area contributed by atoms with Gasteiger partial charge in [0.2, 0.25) is 0 Å². The number of hydrogen-bond acceptors (Lipinski definition) is 2. The van der Waals surface area contributed by atoms with Crippen LogP contribution in [0.3, 0.4) is 0 Å². The molecule has 0 saturated carbocycles. The van der Waals surface area contributed by atoms with E-state index >= 15 is 0 Å². The minimum absolute atomic E-state index is 0.00639. The number of anilines is 1. The Morgan fingerprint density at radius 2 is 2.05 bits per heavy atom. The van der Waals surface area contributed by atoms with Crippen molar-refractivity contribution in [2.75, 3.05) is 4.90 Å². The second-order valence-corrected chi connectivity index (χ2v) is 5.02. The first kappa shape index (κ1) is 12.7. The molecule has 2 aromatic carbocycles. The van der Waals surface area contributed by atoms with Crippen LogP contribution < -0.4 is 4.90 Å². The molecule has 0 radical (unpaired) electrons. The lowest BCUT2D eigenvalue weighted by molar-refractivity contribution is 0.0977. The Labute approximate surface area is 116 Å². The summed E-state index contributed by atoms with van der Waals surface area (Å²) in [5.74, 6) is -1.26. The fourth-order valence-electron chi connectivity index (χ4n) is 2.68. The van der Waals surface area contributed by atoms with Crippen molar-refractivity contribution in [3.63, 3.8) is 0 Å². The summed E-state index contributed by atoms with van der Waals surface area (Å²) in [5.41, 5.74) is 1.90. The number of rotatable bonds is 1. The Morgan fingerprint density at radius 1 is 1.30 bits per heavy atom. The Hall–Kier alpha value is -2.36. The van der Waals surface area contributed by atoms with E-state index in [0.717, 1.165) is 23.7 Å². The van der Waals surface area contributed by atoms with Crippen LogP contribution in [0.2, 0.25) is 0 Å². The van der Waals surface area contributed by atoms with Crippen molar-refractivity contribution in [3.05, 3.63) is 59.4 Å². The van der Waals surface area contributed by atoms with Crippen molar-refractivity contribution in [1.29, 1.82) is 0 Å². The number of phenolic OH excluding ortho intramolecular Hbond substituents is 1. The average molecular weight is 271 g/mol. The van der Waals surface area contributed by atoms with Crippen molar-refractivity contribution in [1.82, 2.24) is 0 Å². The van der Waals surface area contributed by atoms with E-state index in [9.17, 15) is 14.3 Å². The summed E-state index contributed by atoms with van der Waals surface area (Å²) in [6.45, 7) is 1.94. The molecule has 0 spiro atoms. The molecule has 1 aliphatic rings. The standard InChI is InChI=1S/C16H14FNO2/c1-10-8-11-4-2-3-5-15(11)18(10)16(20)13-7-6-12(19)9-14(13)17/h2-7,9-10,19H,8H2,1H3. The van der Waals surface area contributed by atoms with Crippen LogP contribution in [0.5, 0.6) is 5.75 Å². The molecular formula is C16H14FNO2. The highest BCUT2D eigenvalue weighted by Crippen LogP contribution is 2.33. The van der Waals surface area contributed by atoms with Crippen LogP contribution in [0.1, 0.15) is 22.8 Å². The molecule has 1 unspecified atom stereocenters. The SMILES string of the molecule is CC1Cc2ccccc2N1C(=O)c1ccc(O)cc1F. The number of hydrogen-bond donors (Lipinski definition) is 1. The lowest BCUT2D eigenvalue weighted by Crippen LogP contribution is -2.36. The van der Waals surface area contributed by atoms with Gasteiger partial charge in [-0.05, 0) is 37.1 Å². The van der Waals surface area contributed by atoms with Gasteiger partial charge in [0.1, 0.15) is 11.6 Å². The smallest absolute Gasteiger partial charge is 0.261 e. The molecule has 0 saturated heterocycles. The van der Waals surface area contributed by atoms with E-state index in [1.165, 1.54) is 12.1 Å². The molecule has 3 rings (SSSR count). The first-order valence-electron chi connectivity index (χ1n) is 6.48. The van der Waals surface area contributed by atoms with Gasteiger partial charge in [-0.25, -0.2) is 4.39 Å². The molecule has 0 aromatic heterocycles. The monoisotopic (exact) mass is 271 g/mol. The fraction of sp³-hybridized carbons (Fsp3) is 0.188. The molecule has 1 aliphatic heterocycles. The molecule has 1 heterocycles. The molecule has 1 amide bonds. The zero-order chi connectivity index (χ0) is 14.3. The van der Waals surface area contributed by atoms with E-state index in [1.54, 1.807) is 4.90 Å². The van der Waals surface area contributed by atoms with Crippen LogP contribution in [0.15, 0.2) is 42.5 Å². The number of carbonyl (C=O) groups is 1. The second-order valence-electron chi connectivity index (χ2n) is 5.02. The number of nitrogens with zero attached hydrogens (tertiary/aromatic N) is 1. The summed E-state index contributed by atoms with van der Waals surface area (Å²) in [6, 6.07) is 11.2. The Bertz CT molecular complexity index is 684. The lowest BCUT2D eigenvalue weighted by atomic mass is 10.1. The van der Waals surface area contributed by atoms with E-state index in [4.69, 9.17) is 0 Å². The van der Waals surface area contributed by atoms with E-state index < -0.39 is 5.82 Å². The molecule has 0 bridgehead atoms. The number of aromatic hydroxyl groups is 1. The molecule has 3 nitrogen and oxygen atoms in total. The summed E-state index contributed by atoms with van der Waals surface area (Å²) >= 11 is 0. The third-order valence-corrected chi connectivity index (χ3v) is 3.61. The minimum atomic E-state index is -0.702. The Balaban J connectivity index is 2.03. The van der Waals surface area contributed by atoms with Crippen LogP contribution in [0, 0.1) is 5.82 Å². The number of carbonyl (C=O) groups excluding carboxylic acids is 1. The maximum Gasteiger partial charge on any atom is 0.261 e. The molecule has 0 aliphatic carbocycles. The quantitative estimate of drug-likeness (QED) is 0.865. The Kier molecular flexibility index (Phi) is 2.93. The van der Waals surface area contributed by atoms with Crippen molar-refractivity contribution >= 4 is 11.6 Å². The van der Waals surface area contributed by atoms with Crippen LogP contribution in [0.4, 0.5) is 10.1 Å². The minimum Gasteiger partial charge on any atom is -0.508 e. The molecule has 102 valence electrons. The van der Waals surface area contributed by atoms with E-state index in [-0.39, 0.29) is 23.3 Å². The van der Waals surface area contributed by atoms with E-state index in [0.29, 0.717) is 0 Å². The fourth-order valence-corrected chi connectivity index (χ4v) is 2.68. The number of fused-ring (bicyclic) bond motifs is 1. The molecule has 2 aromatic rings. The summed E-state index contributed by atoms with van der Waals surface area (Å²) in [5, 5.41) is 9.23. The van der Waals surface area contributed by atoms with Crippen LogP contribution in [-0.4, -0.2) is 17.1 Å². The third-order valence-electron chi connectivity index (χ3n) is 3.61. The number of amides is 1. The van der Waals surface area contributed by atoms with Crippen LogP contribution in [0.25, 0.3) is 0 Å². The highest BCUT2D eigenvalue weighted by molar-refractivity contribution is 6.08. The van der Waals surface area contributed by atoms with Gasteiger partial charge in [0, 0.05) is 17.8 Å². The van der Waals surface area contributed by atoms with Gasteiger partial charge in [-0.3, -0.25) is 4.79 Å². The number of para-hydroxylation sites is 1. The first-order valence-corrected chi connectivity index (χ1v) is 6.48. The largest absolute Gasteiger partial charge is 0.508 e. The van der Waals surface area contributed by atoms with Crippen molar-refractivity contribution in [2.45, 2.75) is 19.4 Å². The average Bonchev–Trinajstić information content (AvgIpc) is 2.73. The lowest BCUT2D eigenvalue weighted by Gasteiger charge is -2.23. The van der Waals surface area contributed by atoms with Gasteiger partial charge >= 0.3 is 0 Å². The maximum absolute atomic E-state index is 13.8. The van der Waals surface area contributed by atoms with E-state index in [2.05, 4.69) is 0 Å². The zero-order valence-electron chi connectivity index (χ0n) is 11.0.